The van der Waals surface area contributed by atoms with Gasteiger partial charge in [-0.2, -0.15) is 0 Å². The minimum Gasteiger partial charge on any atom is -0.497 e. The van der Waals surface area contributed by atoms with Crippen molar-refractivity contribution in [1.82, 2.24) is 5.32 Å². The molecule has 0 bridgehead atoms. The fourth-order valence-corrected chi connectivity index (χ4v) is 2.19. The number of hydrogen-bond acceptors (Lipinski definition) is 7. The monoisotopic (exact) mass is 387 g/mol. The van der Waals surface area contributed by atoms with Gasteiger partial charge >= 0.3 is 5.97 Å². The van der Waals surface area contributed by atoms with Crippen LogP contribution in [-0.2, 0) is 14.3 Å². The molecule has 1 amide bonds. The Morgan fingerprint density at radius 3 is 2.32 bits per heavy atom. The van der Waals surface area contributed by atoms with Gasteiger partial charge in [-0.25, -0.2) is 0 Å². The molecule has 1 N–H and O–H groups in total. The number of nitrogens with one attached hydrogen (secondary N) is 1. The Morgan fingerprint density at radius 1 is 0.893 bits per heavy atom. The number of ketones is 1. The first-order valence-corrected chi connectivity index (χ1v) is 8.39. The molecule has 28 heavy (non-hydrogen) atoms. The topological polar surface area (TPSA) is 100 Å². The van der Waals surface area contributed by atoms with Gasteiger partial charge in [0.2, 0.25) is 5.78 Å². The van der Waals surface area contributed by atoms with Gasteiger partial charge in [0.15, 0.2) is 13.2 Å². The smallest absolute Gasteiger partial charge is 0.325 e. The van der Waals surface area contributed by atoms with Crippen LogP contribution < -0.4 is 19.5 Å². The Hall–Kier alpha value is -3.55. The maximum absolute atomic E-state index is 12.3. The van der Waals surface area contributed by atoms with Crippen LogP contribution in [0.2, 0.25) is 0 Å². The van der Waals surface area contributed by atoms with Gasteiger partial charge in [-0.05, 0) is 30.3 Å². The van der Waals surface area contributed by atoms with Crippen molar-refractivity contribution in [3.05, 3.63) is 54.1 Å². The lowest BCUT2D eigenvalue weighted by molar-refractivity contribution is -0.143. The minimum atomic E-state index is -0.747. The van der Waals surface area contributed by atoms with Gasteiger partial charge in [0, 0.05) is 0 Å². The van der Waals surface area contributed by atoms with Crippen LogP contribution in [0.4, 0.5) is 0 Å². The zero-order chi connectivity index (χ0) is 20.4. The van der Waals surface area contributed by atoms with Crippen LogP contribution in [0.25, 0.3) is 0 Å². The summed E-state index contributed by atoms with van der Waals surface area (Å²) in [5.74, 6) is -0.333. The summed E-state index contributed by atoms with van der Waals surface area (Å²) in [6, 6.07) is 13.5. The van der Waals surface area contributed by atoms with E-state index in [9.17, 15) is 14.4 Å². The molecular weight excluding hydrogens is 366 g/mol. The molecule has 0 aliphatic rings. The van der Waals surface area contributed by atoms with Gasteiger partial charge in [-0.1, -0.05) is 18.2 Å². The number of esters is 1. The van der Waals surface area contributed by atoms with E-state index >= 15 is 0 Å². The molecule has 8 nitrogen and oxygen atoms in total. The Labute approximate surface area is 162 Å². The predicted molar refractivity (Wildman–Crippen MR) is 99.8 cm³/mol. The third-order valence-electron chi connectivity index (χ3n) is 3.61. The van der Waals surface area contributed by atoms with Crippen molar-refractivity contribution < 1.29 is 33.3 Å². The molecule has 0 saturated carbocycles. The second-order valence-electron chi connectivity index (χ2n) is 5.53. The molecule has 2 aromatic rings. The number of ether oxygens (including phenoxy) is 4. The molecule has 0 aliphatic heterocycles. The first-order chi connectivity index (χ1) is 13.5. The molecule has 0 spiro atoms. The summed E-state index contributed by atoms with van der Waals surface area (Å²) in [7, 11) is 2.90. The fraction of sp³-hybridized carbons (Fsp3) is 0.250. The van der Waals surface area contributed by atoms with E-state index in [0.717, 1.165) is 0 Å². The number of Topliss-reactive ketones (excluding diaryl/α,β-unsaturated/α-hetero) is 1. The number of carbonyl (C=O) groups is 3. The van der Waals surface area contributed by atoms with Gasteiger partial charge < -0.3 is 24.3 Å². The van der Waals surface area contributed by atoms with E-state index < -0.39 is 24.3 Å². The maximum atomic E-state index is 12.3. The SMILES string of the molecule is COc1ccc(OC)c(C(=O)COC(=O)CNC(=O)COc2ccccc2)c1. The molecule has 0 unspecified atom stereocenters. The molecule has 0 aromatic heterocycles. The highest BCUT2D eigenvalue weighted by Gasteiger charge is 2.16. The van der Waals surface area contributed by atoms with Crippen molar-refractivity contribution in [3.63, 3.8) is 0 Å². The molecule has 2 aromatic carbocycles. The zero-order valence-electron chi connectivity index (χ0n) is 15.6. The van der Waals surface area contributed by atoms with E-state index in [0.29, 0.717) is 17.2 Å². The lowest BCUT2D eigenvalue weighted by atomic mass is 10.1. The Balaban J connectivity index is 1.76. The molecule has 8 heteroatoms. The van der Waals surface area contributed by atoms with E-state index in [1.54, 1.807) is 36.4 Å². The third kappa shape index (κ3) is 6.31. The van der Waals surface area contributed by atoms with Crippen LogP contribution in [0.3, 0.4) is 0 Å². The average molecular weight is 387 g/mol. The predicted octanol–water partition coefficient (Wildman–Crippen LogP) is 1.62. The Morgan fingerprint density at radius 2 is 1.64 bits per heavy atom. The molecule has 0 radical (unpaired) electrons. The van der Waals surface area contributed by atoms with Crippen LogP contribution in [0.1, 0.15) is 10.4 Å². The van der Waals surface area contributed by atoms with Crippen molar-refractivity contribution >= 4 is 17.7 Å². The summed E-state index contributed by atoms with van der Waals surface area (Å²) in [6.07, 6.45) is 0. The number of para-hydroxylation sites is 1. The number of methoxy groups -OCH3 is 2. The number of benzene rings is 2. The van der Waals surface area contributed by atoms with E-state index in [1.807, 2.05) is 6.07 Å². The second kappa shape index (κ2) is 10.6. The summed E-state index contributed by atoms with van der Waals surface area (Å²) in [5.41, 5.74) is 0.231. The largest absolute Gasteiger partial charge is 0.497 e. The van der Waals surface area contributed by atoms with Crippen molar-refractivity contribution in [2.24, 2.45) is 0 Å². The van der Waals surface area contributed by atoms with Gasteiger partial charge in [0.25, 0.3) is 5.91 Å². The lowest BCUT2D eigenvalue weighted by Gasteiger charge is -2.10. The Kier molecular flexibility index (Phi) is 7.83. The van der Waals surface area contributed by atoms with Gasteiger partial charge in [0.05, 0.1) is 19.8 Å². The number of carbonyl (C=O) groups excluding carboxylic acids is 3. The molecule has 0 atom stereocenters. The van der Waals surface area contributed by atoms with Crippen LogP contribution in [0.5, 0.6) is 17.2 Å². The number of rotatable bonds is 10. The van der Waals surface area contributed by atoms with Gasteiger partial charge in [0.1, 0.15) is 23.8 Å². The lowest BCUT2D eigenvalue weighted by Crippen LogP contribution is -2.34. The summed E-state index contributed by atoms with van der Waals surface area (Å²) in [4.78, 5) is 35.7. The zero-order valence-corrected chi connectivity index (χ0v) is 15.6. The second-order valence-corrected chi connectivity index (χ2v) is 5.53. The van der Waals surface area contributed by atoms with E-state index in [2.05, 4.69) is 5.32 Å². The van der Waals surface area contributed by atoms with E-state index in [1.165, 1.54) is 20.3 Å². The molecular formula is C20H21NO7. The third-order valence-corrected chi connectivity index (χ3v) is 3.61. The highest BCUT2D eigenvalue weighted by Crippen LogP contribution is 2.24. The molecule has 0 heterocycles. The van der Waals surface area contributed by atoms with Crippen molar-refractivity contribution in [2.75, 3.05) is 34.0 Å². The first kappa shape index (κ1) is 20.8. The van der Waals surface area contributed by atoms with Crippen LogP contribution in [-0.4, -0.2) is 51.6 Å². The maximum Gasteiger partial charge on any atom is 0.325 e. The average Bonchev–Trinajstić information content (AvgIpc) is 2.74. The highest BCUT2D eigenvalue weighted by molar-refractivity contribution is 6.00. The van der Waals surface area contributed by atoms with Crippen molar-refractivity contribution in [1.29, 1.82) is 0 Å². The summed E-state index contributed by atoms with van der Waals surface area (Å²) in [5, 5.41) is 2.36. The van der Waals surface area contributed by atoms with Gasteiger partial charge in [-0.3, -0.25) is 14.4 Å². The van der Waals surface area contributed by atoms with Gasteiger partial charge in [-0.15, -0.1) is 0 Å². The minimum absolute atomic E-state index is 0.231. The van der Waals surface area contributed by atoms with Crippen LogP contribution in [0, 0.1) is 0 Å². The van der Waals surface area contributed by atoms with Crippen LogP contribution in [0.15, 0.2) is 48.5 Å². The molecule has 148 valence electrons. The normalized spacial score (nSPS) is 9.93. The van der Waals surface area contributed by atoms with Crippen LogP contribution >= 0.6 is 0 Å². The molecule has 2 rings (SSSR count). The molecule has 0 saturated heterocycles. The summed E-state index contributed by atoms with van der Waals surface area (Å²) >= 11 is 0. The summed E-state index contributed by atoms with van der Waals surface area (Å²) in [6.45, 7) is -1.10. The highest BCUT2D eigenvalue weighted by atomic mass is 16.5. The molecule has 0 fully saturated rings. The van der Waals surface area contributed by atoms with E-state index in [-0.39, 0.29) is 18.7 Å². The number of hydrogen-bond donors (Lipinski definition) is 1. The number of amides is 1. The molecule has 0 aliphatic carbocycles. The summed E-state index contributed by atoms with van der Waals surface area (Å²) < 4.78 is 20.4. The quantitative estimate of drug-likeness (QED) is 0.488. The Bertz CT molecular complexity index is 821. The first-order valence-electron chi connectivity index (χ1n) is 8.39. The fourth-order valence-electron chi connectivity index (χ4n) is 2.19. The van der Waals surface area contributed by atoms with E-state index in [4.69, 9.17) is 18.9 Å². The van der Waals surface area contributed by atoms with Crippen molar-refractivity contribution in [2.45, 2.75) is 0 Å². The van der Waals surface area contributed by atoms with Crippen molar-refractivity contribution in [3.8, 4) is 17.2 Å². The standard InChI is InChI=1S/C20H21NO7/c1-25-15-8-9-18(26-2)16(10-15)17(22)12-28-20(24)11-21-19(23)13-27-14-6-4-3-5-7-14/h3-10H,11-13H2,1-2H3,(H,21,23).